The molecular formula is C28H30N6O2. The third-order valence-corrected chi connectivity index (χ3v) is 7.20. The molecule has 0 unspecified atom stereocenters. The second-order valence-corrected chi connectivity index (χ2v) is 9.90. The number of fused-ring (bicyclic) bond motifs is 1. The van der Waals surface area contributed by atoms with Gasteiger partial charge in [-0.25, -0.2) is 0 Å². The summed E-state index contributed by atoms with van der Waals surface area (Å²) in [5.74, 6) is -0.0763. The summed E-state index contributed by atoms with van der Waals surface area (Å²) in [7, 11) is 0. The van der Waals surface area contributed by atoms with E-state index in [9.17, 15) is 14.9 Å². The molecule has 1 saturated heterocycles. The van der Waals surface area contributed by atoms with Crippen LogP contribution in [0.4, 0.5) is 11.4 Å². The second kappa shape index (κ2) is 9.08. The number of likely N-dealkylation sites (tertiary alicyclic amines) is 1. The van der Waals surface area contributed by atoms with Gasteiger partial charge in [-0.3, -0.25) is 24.5 Å². The van der Waals surface area contributed by atoms with Crippen molar-refractivity contribution in [2.45, 2.75) is 45.2 Å². The molecule has 8 heteroatoms. The van der Waals surface area contributed by atoms with Gasteiger partial charge in [-0.2, -0.15) is 5.26 Å². The van der Waals surface area contributed by atoms with Crippen LogP contribution in [0.25, 0.3) is 0 Å². The van der Waals surface area contributed by atoms with Crippen molar-refractivity contribution in [3.63, 3.8) is 0 Å². The van der Waals surface area contributed by atoms with Gasteiger partial charge in [0.15, 0.2) is 0 Å². The molecule has 0 spiro atoms. The molecule has 3 aromatic rings. The average molecular weight is 483 g/mol. The smallest absolute Gasteiger partial charge is 0.259 e. The number of piperidine rings is 1. The third kappa shape index (κ3) is 4.07. The Balaban J connectivity index is 0.00000320. The third-order valence-electron chi connectivity index (χ3n) is 7.20. The fourth-order valence-corrected chi connectivity index (χ4v) is 5.19. The normalized spacial score (nSPS) is 17.0. The summed E-state index contributed by atoms with van der Waals surface area (Å²) in [5, 5.41) is 12.8. The van der Waals surface area contributed by atoms with Crippen molar-refractivity contribution in [1.82, 2.24) is 14.9 Å². The van der Waals surface area contributed by atoms with Gasteiger partial charge in [-0.1, -0.05) is 0 Å². The molecule has 1 aromatic carbocycles. The summed E-state index contributed by atoms with van der Waals surface area (Å²) in [5.41, 5.74) is 4.49. The minimum absolute atomic E-state index is 0. The number of hydrogen-bond donors (Lipinski definition) is 1. The van der Waals surface area contributed by atoms with Crippen LogP contribution in [0.3, 0.4) is 0 Å². The van der Waals surface area contributed by atoms with Crippen LogP contribution in [0.1, 0.15) is 65.5 Å². The molecular weight excluding hydrogens is 452 g/mol. The summed E-state index contributed by atoms with van der Waals surface area (Å²) < 4.78 is 0. The molecule has 2 amide bonds. The Bertz CT molecular complexity index is 1390. The predicted molar refractivity (Wildman–Crippen MR) is 139 cm³/mol. The lowest BCUT2D eigenvalue weighted by Crippen LogP contribution is -2.42. The van der Waals surface area contributed by atoms with Gasteiger partial charge >= 0.3 is 0 Å². The Morgan fingerprint density at radius 1 is 1.14 bits per heavy atom. The van der Waals surface area contributed by atoms with Crippen LogP contribution in [0.2, 0.25) is 0 Å². The first-order chi connectivity index (χ1) is 17.3. The summed E-state index contributed by atoms with van der Waals surface area (Å²) in [6.07, 6.45) is 8.41. The van der Waals surface area contributed by atoms with Crippen molar-refractivity contribution in [1.29, 1.82) is 5.26 Å². The van der Waals surface area contributed by atoms with E-state index in [2.05, 4.69) is 21.4 Å². The number of aryl methyl sites for hydroxylation is 1. The number of anilines is 2. The molecule has 5 rings (SSSR count). The van der Waals surface area contributed by atoms with E-state index in [1.165, 1.54) is 0 Å². The Morgan fingerprint density at radius 3 is 2.64 bits per heavy atom. The van der Waals surface area contributed by atoms with Crippen LogP contribution in [-0.2, 0) is 5.54 Å². The van der Waals surface area contributed by atoms with E-state index >= 15 is 0 Å². The molecule has 184 valence electrons. The maximum atomic E-state index is 13.3. The topological polar surface area (TPSA) is 102 Å². The SMILES string of the molecule is Cc1ccncc1C(=O)N1CCC(Nc2cncc(N3C(=O)c4ccc(C#N)cc4C3(C)C)c2)CC1.[HH]. The molecule has 36 heavy (non-hydrogen) atoms. The molecule has 4 heterocycles. The fourth-order valence-electron chi connectivity index (χ4n) is 5.19. The van der Waals surface area contributed by atoms with Crippen LogP contribution < -0.4 is 10.2 Å². The second-order valence-electron chi connectivity index (χ2n) is 9.90. The lowest BCUT2D eigenvalue weighted by atomic mass is 9.92. The zero-order valence-electron chi connectivity index (χ0n) is 20.7. The largest absolute Gasteiger partial charge is 0.381 e. The molecule has 0 saturated carbocycles. The van der Waals surface area contributed by atoms with Crippen LogP contribution in [-0.4, -0.2) is 45.8 Å². The van der Waals surface area contributed by atoms with Gasteiger partial charge in [0.1, 0.15) is 0 Å². The minimum Gasteiger partial charge on any atom is -0.381 e. The van der Waals surface area contributed by atoms with Gasteiger partial charge in [0.25, 0.3) is 11.8 Å². The highest BCUT2D eigenvalue weighted by Crippen LogP contribution is 2.42. The standard InChI is InChI=1S/C28H28N6O2.H2/c1-18-6-9-30-17-24(18)26(35)33-10-7-20(8-11-33)32-21-13-22(16-31-15-21)34-27(36)23-5-4-19(14-29)12-25(23)28(34,2)3;/h4-6,9,12-13,15-17,20,32H,7-8,10-11H2,1-3H3;1H. The van der Waals surface area contributed by atoms with E-state index in [1.807, 2.05) is 37.8 Å². The number of aromatic nitrogens is 2. The van der Waals surface area contributed by atoms with Crippen LogP contribution in [0, 0.1) is 18.3 Å². The number of nitrogens with zero attached hydrogens (tertiary/aromatic N) is 5. The van der Waals surface area contributed by atoms with Crippen LogP contribution in [0.5, 0.6) is 0 Å². The number of carbonyl (C=O) groups excluding carboxylic acids is 2. The first kappa shape index (κ1) is 23.5. The number of hydrogen-bond acceptors (Lipinski definition) is 6. The number of carbonyl (C=O) groups is 2. The van der Waals surface area contributed by atoms with Gasteiger partial charge in [-0.15, -0.1) is 0 Å². The summed E-state index contributed by atoms with van der Waals surface area (Å²) in [6.45, 7) is 7.21. The van der Waals surface area contributed by atoms with Gasteiger partial charge < -0.3 is 10.2 Å². The predicted octanol–water partition coefficient (Wildman–Crippen LogP) is 4.51. The number of rotatable bonds is 4. The molecule has 1 fully saturated rings. The van der Waals surface area contributed by atoms with Crippen molar-refractivity contribution >= 4 is 23.2 Å². The molecule has 0 bridgehead atoms. The Hall–Kier alpha value is -4.25. The Morgan fingerprint density at radius 2 is 1.92 bits per heavy atom. The minimum atomic E-state index is -0.615. The number of nitrogens with one attached hydrogen (secondary N) is 1. The number of amides is 2. The van der Waals surface area contributed by atoms with E-state index in [4.69, 9.17) is 0 Å². The Kier molecular flexibility index (Phi) is 5.92. The van der Waals surface area contributed by atoms with Crippen molar-refractivity contribution in [3.05, 3.63) is 82.9 Å². The number of nitriles is 1. The maximum absolute atomic E-state index is 13.3. The molecule has 2 aromatic heterocycles. The zero-order valence-corrected chi connectivity index (χ0v) is 20.7. The quantitative estimate of drug-likeness (QED) is 0.587. The zero-order chi connectivity index (χ0) is 25.4. The van der Waals surface area contributed by atoms with Crippen LogP contribution >= 0.6 is 0 Å². The van der Waals surface area contributed by atoms with E-state index in [0.717, 1.165) is 29.7 Å². The summed E-state index contributed by atoms with van der Waals surface area (Å²) in [6, 6.07) is 11.4. The molecule has 2 aliphatic rings. The van der Waals surface area contributed by atoms with Gasteiger partial charge in [0.05, 0.1) is 46.5 Å². The Labute approximate surface area is 212 Å². The monoisotopic (exact) mass is 482 g/mol. The van der Waals surface area contributed by atoms with E-state index < -0.39 is 5.54 Å². The molecule has 2 aliphatic heterocycles. The molecule has 1 N–H and O–H groups in total. The van der Waals surface area contributed by atoms with Crippen molar-refractivity contribution in [3.8, 4) is 6.07 Å². The number of pyridine rings is 2. The lowest BCUT2D eigenvalue weighted by molar-refractivity contribution is 0.0717. The van der Waals surface area contributed by atoms with Gasteiger partial charge in [0, 0.05) is 38.5 Å². The lowest BCUT2D eigenvalue weighted by Gasteiger charge is -2.34. The summed E-state index contributed by atoms with van der Waals surface area (Å²) >= 11 is 0. The van der Waals surface area contributed by atoms with Crippen molar-refractivity contribution in [2.24, 2.45) is 0 Å². The first-order valence-electron chi connectivity index (χ1n) is 12.1. The molecule has 0 aliphatic carbocycles. The number of benzene rings is 1. The highest BCUT2D eigenvalue weighted by molar-refractivity contribution is 6.12. The first-order valence-corrected chi connectivity index (χ1v) is 12.1. The maximum Gasteiger partial charge on any atom is 0.259 e. The van der Waals surface area contributed by atoms with E-state index in [-0.39, 0.29) is 19.3 Å². The van der Waals surface area contributed by atoms with Gasteiger partial charge in [0.2, 0.25) is 0 Å². The molecule has 8 nitrogen and oxygen atoms in total. The van der Waals surface area contributed by atoms with Crippen molar-refractivity contribution < 1.29 is 11.0 Å². The van der Waals surface area contributed by atoms with E-state index in [0.29, 0.717) is 35.5 Å². The summed E-state index contributed by atoms with van der Waals surface area (Å²) in [4.78, 5) is 38.3. The average Bonchev–Trinajstić information content (AvgIpc) is 3.08. The molecule has 0 atom stereocenters. The van der Waals surface area contributed by atoms with Crippen LogP contribution in [0.15, 0.2) is 55.1 Å². The molecule has 0 radical (unpaired) electrons. The fraction of sp³-hybridized carbons (Fsp3) is 0.321. The highest BCUT2D eigenvalue weighted by atomic mass is 16.2. The highest BCUT2D eigenvalue weighted by Gasteiger charge is 2.44. The van der Waals surface area contributed by atoms with Gasteiger partial charge in [-0.05, 0) is 75.1 Å². The van der Waals surface area contributed by atoms with E-state index in [1.54, 1.807) is 47.9 Å². The van der Waals surface area contributed by atoms with Crippen molar-refractivity contribution in [2.75, 3.05) is 23.3 Å².